The molecular weight excluding hydrogens is 567 g/mol. The van der Waals surface area contributed by atoms with E-state index in [0.29, 0.717) is 29.5 Å². The Hall–Kier alpha value is -2.18. The number of likely N-dealkylation sites (tertiary alicyclic amines) is 1. The third-order valence-electron chi connectivity index (χ3n) is 7.55. The summed E-state index contributed by atoms with van der Waals surface area (Å²) in [6.45, 7) is 14.4. The van der Waals surface area contributed by atoms with Gasteiger partial charge in [0.2, 0.25) is 0 Å². The van der Waals surface area contributed by atoms with E-state index in [1.165, 1.54) is 22.2 Å². The van der Waals surface area contributed by atoms with Crippen molar-refractivity contribution in [2.24, 2.45) is 14.1 Å². The summed E-state index contributed by atoms with van der Waals surface area (Å²) in [6.07, 6.45) is 7.83. The number of aryl methyl sites for hydroxylation is 2. The van der Waals surface area contributed by atoms with Gasteiger partial charge in [0.15, 0.2) is 0 Å². The number of halogens is 2. The number of unbranched alkanes of at least 4 members (excludes halogenated alkanes) is 1. The van der Waals surface area contributed by atoms with E-state index < -0.39 is 0 Å². The Morgan fingerprint density at radius 2 is 1.66 bits per heavy atom. The zero-order valence-electron chi connectivity index (χ0n) is 25.2. The summed E-state index contributed by atoms with van der Waals surface area (Å²) in [6, 6.07) is 1.54. The monoisotopic (exact) mass is 612 g/mol. The fraction of sp³-hybridized carbons (Fsp3) is 0.714. The molecule has 41 heavy (non-hydrogen) atoms. The van der Waals surface area contributed by atoms with Crippen LogP contribution in [0.25, 0.3) is 0 Å². The van der Waals surface area contributed by atoms with Crippen LogP contribution < -0.4 is 21.8 Å². The molecule has 2 fully saturated rings. The maximum absolute atomic E-state index is 11.8. The summed E-state index contributed by atoms with van der Waals surface area (Å²) >= 11 is 12.2. The van der Waals surface area contributed by atoms with E-state index >= 15 is 0 Å². The summed E-state index contributed by atoms with van der Waals surface area (Å²) < 4.78 is 7.78. The standard InChI is InChI=1S/C15H25ClN4O2.C13H21ClN4O/c1-4-5-6-20(12-9-22-10-12)8-11(2)18-13-7-17-19(3)15(21)14(13)16;1-9(2)18-6-4-5-10(8-18)16-11-7-15-17(3)13(19)12(11)14/h7,11-12,18H,4-6,8-10H2,1-3H3;7,9-10,16H,4-6,8H2,1-3H3. The van der Waals surface area contributed by atoms with Crippen LogP contribution in [-0.2, 0) is 18.8 Å². The van der Waals surface area contributed by atoms with Gasteiger partial charge in [-0.15, -0.1) is 0 Å². The molecule has 4 heterocycles. The number of aromatic nitrogens is 4. The van der Waals surface area contributed by atoms with Crippen molar-refractivity contribution >= 4 is 34.6 Å². The van der Waals surface area contributed by atoms with Gasteiger partial charge in [0.05, 0.1) is 43.0 Å². The SMILES string of the molecule is CC(C)N1CCCC(Nc2cnn(C)c(=O)c2Cl)C1.CCCCN(CC(C)Nc1cnn(C)c(=O)c1Cl)C1COC1. The molecule has 2 aromatic rings. The smallest absolute Gasteiger partial charge is 0.287 e. The quantitative estimate of drug-likeness (QED) is 0.394. The van der Waals surface area contributed by atoms with Crippen molar-refractivity contribution in [3.8, 4) is 0 Å². The molecule has 11 nitrogen and oxygen atoms in total. The van der Waals surface area contributed by atoms with Crippen molar-refractivity contribution in [2.75, 3.05) is 50.0 Å². The highest BCUT2D eigenvalue weighted by Crippen LogP contribution is 2.21. The molecule has 2 aromatic heterocycles. The molecule has 2 N–H and O–H groups in total. The number of hydrogen-bond donors (Lipinski definition) is 2. The van der Waals surface area contributed by atoms with Crippen LogP contribution in [0.1, 0.15) is 53.4 Å². The Morgan fingerprint density at radius 3 is 2.22 bits per heavy atom. The van der Waals surface area contributed by atoms with E-state index in [9.17, 15) is 9.59 Å². The van der Waals surface area contributed by atoms with E-state index in [1.54, 1.807) is 26.5 Å². The number of ether oxygens (including phenoxy) is 1. The molecule has 2 saturated heterocycles. The summed E-state index contributed by atoms with van der Waals surface area (Å²) in [5.41, 5.74) is 0.690. The highest BCUT2D eigenvalue weighted by molar-refractivity contribution is 6.33. The second kappa shape index (κ2) is 15.9. The Bertz CT molecular complexity index is 1230. The highest BCUT2D eigenvalue weighted by Gasteiger charge is 2.27. The van der Waals surface area contributed by atoms with Gasteiger partial charge in [-0.05, 0) is 53.1 Å². The molecule has 0 radical (unpaired) electrons. The normalized spacial score (nSPS) is 18.5. The average Bonchev–Trinajstić information content (AvgIpc) is 2.92. The lowest BCUT2D eigenvalue weighted by Crippen LogP contribution is -2.52. The maximum Gasteiger partial charge on any atom is 0.287 e. The van der Waals surface area contributed by atoms with Crippen molar-refractivity contribution in [1.82, 2.24) is 29.4 Å². The minimum atomic E-state index is -0.283. The topological polar surface area (TPSA) is 110 Å². The van der Waals surface area contributed by atoms with E-state index in [2.05, 4.69) is 58.3 Å². The zero-order valence-corrected chi connectivity index (χ0v) is 26.7. The first-order chi connectivity index (χ1) is 19.5. The van der Waals surface area contributed by atoms with Crippen LogP contribution in [0.4, 0.5) is 11.4 Å². The molecular formula is C28H46Cl2N8O3. The molecule has 0 spiro atoms. The molecule has 0 saturated carbocycles. The van der Waals surface area contributed by atoms with Gasteiger partial charge >= 0.3 is 0 Å². The number of nitrogens with zero attached hydrogens (tertiary/aromatic N) is 6. The Balaban J connectivity index is 0.000000228. The first-order valence-electron chi connectivity index (χ1n) is 14.5. The van der Waals surface area contributed by atoms with Crippen molar-refractivity contribution in [3.05, 3.63) is 43.1 Å². The van der Waals surface area contributed by atoms with Crippen LogP contribution in [0.3, 0.4) is 0 Å². The summed E-state index contributed by atoms with van der Waals surface area (Å²) in [5.74, 6) is 0. The molecule has 2 aliphatic rings. The number of piperidine rings is 1. The van der Waals surface area contributed by atoms with Gasteiger partial charge in [-0.3, -0.25) is 19.4 Å². The van der Waals surface area contributed by atoms with E-state index in [1.807, 2.05) is 0 Å². The average molecular weight is 614 g/mol. The molecule has 2 aliphatic heterocycles. The zero-order chi connectivity index (χ0) is 30.1. The largest absolute Gasteiger partial charge is 0.379 e. The lowest BCUT2D eigenvalue weighted by Gasteiger charge is -2.39. The Labute approximate surface area is 253 Å². The van der Waals surface area contributed by atoms with Crippen molar-refractivity contribution in [3.63, 3.8) is 0 Å². The van der Waals surface area contributed by atoms with Gasteiger partial charge in [-0.2, -0.15) is 10.2 Å². The Kier molecular flexibility index (Phi) is 12.9. The maximum atomic E-state index is 11.8. The van der Waals surface area contributed by atoms with Crippen LogP contribution in [-0.4, -0.2) is 92.9 Å². The molecule has 4 rings (SSSR count). The molecule has 2 atom stereocenters. The van der Waals surface area contributed by atoms with E-state index in [4.69, 9.17) is 27.9 Å². The predicted octanol–water partition coefficient (Wildman–Crippen LogP) is 3.45. The molecule has 0 aliphatic carbocycles. The molecule has 0 bridgehead atoms. The number of nitrogens with one attached hydrogen (secondary N) is 2. The van der Waals surface area contributed by atoms with Crippen molar-refractivity contribution < 1.29 is 4.74 Å². The first-order valence-corrected chi connectivity index (χ1v) is 15.3. The van der Waals surface area contributed by atoms with Gasteiger partial charge in [0.25, 0.3) is 11.1 Å². The van der Waals surface area contributed by atoms with Crippen LogP contribution in [0, 0.1) is 0 Å². The van der Waals surface area contributed by atoms with Gasteiger partial charge in [0, 0.05) is 45.3 Å². The van der Waals surface area contributed by atoms with E-state index in [0.717, 1.165) is 52.2 Å². The third-order valence-corrected chi connectivity index (χ3v) is 8.28. The Morgan fingerprint density at radius 1 is 1.05 bits per heavy atom. The molecule has 230 valence electrons. The third kappa shape index (κ3) is 9.41. The van der Waals surface area contributed by atoms with Gasteiger partial charge in [-0.25, -0.2) is 9.36 Å². The molecule has 2 unspecified atom stereocenters. The second-order valence-electron chi connectivity index (χ2n) is 11.3. The van der Waals surface area contributed by atoms with Crippen LogP contribution in [0.2, 0.25) is 10.0 Å². The van der Waals surface area contributed by atoms with Gasteiger partial charge in [-0.1, -0.05) is 36.5 Å². The van der Waals surface area contributed by atoms with E-state index in [-0.39, 0.29) is 27.2 Å². The fourth-order valence-corrected chi connectivity index (χ4v) is 5.37. The lowest BCUT2D eigenvalue weighted by molar-refractivity contribution is -0.0657. The molecule has 0 amide bonds. The van der Waals surface area contributed by atoms with Gasteiger partial charge < -0.3 is 15.4 Å². The highest BCUT2D eigenvalue weighted by atomic mass is 35.5. The number of hydrogen-bond acceptors (Lipinski definition) is 9. The van der Waals surface area contributed by atoms with Gasteiger partial charge in [0.1, 0.15) is 10.0 Å². The van der Waals surface area contributed by atoms with Crippen molar-refractivity contribution in [2.45, 2.75) is 77.5 Å². The number of rotatable bonds is 11. The lowest BCUT2D eigenvalue weighted by atomic mass is 10.0. The summed E-state index contributed by atoms with van der Waals surface area (Å²) in [7, 11) is 3.18. The van der Waals surface area contributed by atoms with Crippen LogP contribution in [0.5, 0.6) is 0 Å². The minimum absolute atomic E-state index is 0.170. The van der Waals surface area contributed by atoms with Crippen LogP contribution in [0.15, 0.2) is 22.0 Å². The first kappa shape index (κ1) is 33.3. The van der Waals surface area contributed by atoms with Crippen LogP contribution >= 0.6 is 23.2 Å². The molecule has 13 heteroatoms. The minimum Gasteiger partial charge on any atom is -0.379 e. The number of anilines is 2. The second-order valence-corrected chi connectivity index (χ2v) is 12.0. The summed E-state index contributed by atoms with van der Waals surface area (Å²) in [5, 5.41) is 15.1. The predicted molar refractivity (Wildman–Crippen MR) is 167 cm³/mol. The fourth-order valence-electron chi connectivity index (χ4n) is 4.92. The summed E-state index contributed by atoms with van der Waals surface area (Å²) in [4.78, 5) is 28.4. The molecule has 0 aromatic carbocycles. The van der Waals surface area contributed by atoms with Crippen molar-refractivity contribution in [1.29, 1.82) is 0 Å².